The number of nitrogens with one attached hydrogen (secondary N) is 1. The summed E-state index contributed by atoms with van der Waals surface area (Å²) in [6, 6.07) is 10.9. The van der Waals surface area contributed by atoms with Gasteiger partial charge >= 0.3 is 0 Å². The molecular weight excluding hydrogens is 428 g/mol. The van der Waals surface area contributed by atoms with Gasteiger partial charge in [0.05, 0.1) is 37.4 Å². The van der Waals surface area contributed by atoms with E-state index in [1.54, 1.807) is 17.6 Å². The van der Waals surface area contributed by atoms with E-state index < -0.39 is 0 Å². The Bertz CT molecular complexity index is 1200. The molecule has 1 aromatic heterocycles. The molecule has 0 amide bonds. The molecule has 8 nitrogen and oxygen atoms in total. The SMILES string of the molecule is Cc1ccc(C(=O)Cc2cc(C(C)(C)C)on2)cc1C#CN1C=NCC(=NC2CC2)NC=NC1. The zero-order valence-electron chi connectivity index (χ0n) is 20.1. The second kappa shape index (κ2) is 10.0. The molecule has 0 atom stereocenters. The molecule has 1 fully saturated rings. The summed E-state index contributed by atoms with van der Waals surface area (Å²) in [6.45, 7) is 8.92. The Labute approximate surface area is 200 Å². The van der Waals surface area contributed by atoms with E-state index in [1.807, 2.05) is 52.0 Å². The first-order valence-electron chi connectivity index (χ1n) is 11.5. The van der Waals surface area contributed by atoms with Crippen LogP contribution in [0.15, 0.2) is 43.8 Å². The first-order chi connectivity index (χ1) is 16.3. The number of rotatable bonds is 4. The number of hydrogen-bond donors (Lipinski definition) is 1. The largest absolute Gasteiger partial charge is 0.361 e. The summed E-state index contributed by atoms with van der Waals surface area (Å²) in [4.78, 5) is 28.0. The number of nitrogens with zero attached hydrogens (tertiary/aromatic N) is 5. The topological polar surface area (TPSA) is 95.5 Å². The molecule has 1 aliphatic heterocycles. The quantitative estimate of drug-likeness (QED) is 0.559. The van der Waals surface area contributed by atoms with Crippen molar-refractivity contribution in [1.82, 2.24) is 15.4 Å². The van der Waals surface area contributed by atoms with Gasteiger partial charge in [0.15, 0.2) is 5.78 Å². The van der Waals surface area contributed by atoms with Crippen LogP contribution in [-0.2, 0) is 11.8 Å². The second-order valence-corrected chi connectivity index (χ2v) is 9.63. The standard InChI is InChI=1S/C26H30N6O2/c1-18-5-6-20(23(33)12-22-13-24(34-31-22)26(2,3)4)11-19(18)9-10-32-16-27-14-25(29-15-28-17-32)30-21-7-8-21/h5-6,11,13,15-16,21H,7-8,12,14,17H2,1-4H3,(H,28,29,30). The number of aryl methyl sites for hydroxylation is 1. The summed E-state index contributed by atoms with van der Waals surface area (Å²) in [5, 5.41) is 7.17. The maximum Gasteiger partial charge on any atom is 0.168 e. The van der Waals surface area contributed by atoms with Crippen LogP contribution in [0, 0.1) is 18.9 Å². The Kier molecular flexibility index (Phi) is 6.92. The van der Waals surface area contributed by atoms with Crippen molar-refractivity contribution in [3.05, 3.63) is 52.4 Å². The second-order valence-electron chi connectivity index (χ2n) is 9.63. The fourth-order valence-electron chi connectivity index (χ4n) is 3.20. The predicted molar refractivity (Wildman–Crippen MR) is 133 cm³/mol. The van der Waals surface area contributed by atoms with Crippen molar-refractivity contribution >= 4 is 24.3 Å². The monoisotopic (exact) mass is 458 g/mol. The van der Waals surface area contributed by atoms with Gasteiger partial charge in [0.2, 0.25) is 0 Å². The molecule has 1 aromatic carbocycles. The molecule has 1 saturated carbocycles. The molecule has 0 radical (unpaired) electrons. The van der Waals surface area contributed by atoms with Gasteiger partial charge in [-0.2, -0.15) is 0 Å². The van der Waals surface area contributed by atoms with Crippen molar-refractivity contribution in [1.29, 1.82) is 0 Å². The molecule has 4 rings (SSSR count). The molecule has 0 unspecified atom stereocenters. The minimum atomic E-state index is -0.152. The van der Waals surface area contributed by atoms with E-state index in [4.69, 9.17) is 4.52 Å². The van der Waals surface area contributed by atoms with Gasteiger partial charge in [-0.3, -0.25) is 24.7 Å². The molecule has 0 spiro atoms. The Morgan fingerprint density at radius 3 is 2.82 bits per heavy atom. The number of benzene rings is 1. The maximum atomic E-state index is 12.9. The molecule has 176 valence electrons. The number of ketones is 1. The fourth-order valence-corrected chi connectivity index (χ4v) is 3.20. The van der Waals surface area contributed by atoms with Crippen LogP contribution >= 0.6 is 0 Å². The molecule has 1 N–H and O–H groups in total. The van der Waals surface area contributed by atoms with Gasteiger partial charge in [0.1, 0.15) is 18.3 Å². The molecule has 2 heterocycles. The van der Waals surface area contributed by atoms with E-state index in [2.05, 4.69) is 37.4 Å². The van der Waals surface area contributed by atoms with Crippen LogP contribution in [0.4, 0.5) is 0 Å². The normalized spacial score (nSPS) is 17.4. The summed E-state index contributed by atoms with van der Waals surface area (Å²) in [7, 11) is 0. The third-order valence-electron chi connectivity index (χ3n) is 5.44. The van der Waals surface area contributed by atoms with E-state index >= 15 is 0 Å². The predicted octanol–water partition coefficient (Wildman–Crippen LogP) is 3.50. The van der Waals surface area contributed by atoms with Gasteiger partial charge in [-0.05, 0) is 37.3 Å². The number of aliphatic imine (C=N–C) groups is 3. The number of aromatic nitrogens is 1. The van der Waals surface area contributed by atoms with Gasteiger partial charge in [-0.25, -0.2) is 0 Å². The zero-order valence-corrected chi connectivity index (χ0v) is 20.1. The van der Waals surface area contributed by atoms with Crippen molar-refractivity contribution in [3.63, 3.8) is 0 Å². The summed E-state index contributed by atoms with van der Waals surface area (Å²) in [5.41, 5.74) is 2.85. The third kappa shape index (κ3) is 6.41. The van der Waals surface area contributed by atoms with Gasteiger partial charge < -0.3 is 9.84 Å². The average Bonchev–Trinajstić information content (AvgIpc) is 3.44. The average molecular weight is 459 g/mol. The summed E-state index contributed by atoms with van der Waals surface area (Å²) in [6.07, 6.45) is 5.79. The first-order valence-corrected chi connectivity index (χ1v) is 11.5. The van der Waals surface area contributed by atoms with Crippen molar-refractivity contribution < 1.29 is 9.32 Å². The van der Waals surface area contributed by atoms with E-state index in [1.165, 1.54) is 0 Å². The highest BCUT2D eigenvalue weighted by molar-refractivity contribution is 5.97. The number of amidine groups is 1. The summed E-state index contributed by atoms with van der Waals surface area (Å²) in [5.74, 6) is 4.72. The summed E-state index contributed by atoms with van der Waals surface area (Å²) >= 11 is 0. The molecule has 2 aromatic rings. The summed E-state index contributed by atoms with van der Waals surface area (Å²) < 4.78 is 5.41. The lowest BCUT2D eigenvalue weighted by Gasteiger charge is -2.12. The third-order valence-corrected chi connectivity index (χ3v) is 5.44. The van der Waals surface area contributed by atoms with Crippen molar-refractivity contribution in [2.24, 2.45) is 15.0 Å². The lowest BCUT2D eigenvalue weighted by atomic mass is 9.93. The molecule has 0 bridgehead atoms. The van der Waals surface area contributed by atoms with Crippen LogP contribution in [0.2, 0.25) is 0 Å². The molecule has 8 heteroatoms. The van der Waals surface area contributed by atoms with Gasteiger partial charge in [-0.1, -0.05) is 38.1 Å². The van der Waals surface area contributed by atoms with Crippen LogP contribution in [0.1, 0.15) is 66.6 Å². The Morgan fingerprint density at radius 1 is 1.26 bits per heavy atom. The van der Waals surface area contributed by atoms with E-state index in [0.29, 0.717) is 30.5 Å². The number of carbonyl (C=O) groups is 1. The Balaban J connectivity index is 1.45. The maximum absolute atomic E-state index is 12.9. The highest BCUT2D eigenvalue weighted by Crippen LogP contribution is 2.24. The first kappa shape index (κ1) is 23.4. The van der Waals surface area contributed by atoms with Crippen LogP contribution < -0.4 is 5.32 Å². The van der Waals surface area contributed by atoms with Crippen molar-refractivity contribution in [2.45, 2.75) is 58.4 Å². The fraction of sp³-hybridized carbons (Fsp3) is 0.423. The van der Waals surface area contributed by atoms with E-state index in [9.17, 15) is 4.79 Å². The minimum absolute atomic E-state index is 0.0285. The zero-order chi connectivity index (χ0) is 24.1. The van der Waals surface area contributed by atoms with Crippen LogP contribution in [-0.4, -0.2) is 53.6 Å². The number of carbonyl (C=O) groups excluding carboxylic acids is 1. The lowest BCUT2D eigenvalue weighted by molar-refractivity contribution is 0.0990. The molecule has 2 aliphatic rings. The van der Waals surface area contributed by atoms with Crippen molar-refractivity contribution in [3.8, 4) is 12.0 Å². The highest BCUT2D eigenvalue weighted by atomic mass is 16.5. The van der Waals surface area contributed by atoms with Crippen LogP contribution in [0.3, 0.4) is 0 Å². The van der Waals surface area contributed by atoms with Crippen LogP contribution in [0.5, 0.6) is 0 Å². The number of Topliss-reactive ketones (excluding diaryl/α,β-unsaturated/α-hetero) is 1. The van der Waals surface area contributed by atoms with Gasteiger partial charge in [-0.15, -0.1) is 0 Å². The van der Waals surface area contributed by atoms with Gasteiger partial charge in [0.25, 0.3) is 0 Å². The Hall–Kier alpha value is -3.73. The van der Waals surface area contributed by atoms with Crippen molar-refractivity contribution in [2.75, 3.05) is 13.2 Å². The van der Waals surface area contributed by atoms with E-state index in [0.717, 1.165) is 35.6 Å². The number of hydrogen-bond acceptors (Lipinski definition) is 7. The minimum Gasteiger partial charge on any atom is -0.361 e. The Morgan fingerprint density at radius 2 is 2.09 bits per heavy atom. The smallest absolute Gasteiger partial charge is 0.168 e. The molecule has 0 saturated heterocycles. The lowest BCUT2D eigenvalue weighted by Crippen LogP contribution is -2.25. The molecule has 34 heavy (non-hydrogen) atoms. The van der Waals surface area contributed by atoms with Gasteiger partial charge in [0, 0.05) is 28.7 Å². The highest BCUT2D eigenvalue weighted by Gasteiger charge is 2.21. The molecule has 1 aliphatic carbocycles. The molecular formula is C26H30N6O2. The van der Waals surface area contributed by atoms with Crippen LogP contribution in [0.25, 0.3) is 0 Å². The van der Waals surface area contributed by atoms with E-state index in [-0.39, 0.29) is 17.6 Å².